The third-order valence-corrected chi connectivity index (χ3v) is 3.69. The minimum Gasteiger partial charge on any atom is -0.466 e. The third-order valence-electron chi connectivity index (χ3n) is 3.69. The Morgan fingerprint density at radius 1 is 1.35 bits per heavy atom. The van der Waals surface area contributed by atoms with Crippen LogP contribution in [0.25, 0.3) is 0 Å². The number of allylic oxidation sites excluding steroid dienone is 3. The molecule has 0 saturated carbocycles. The molecule has 1 aromatic carbocycles. The number of nitrogens with zero attached hydrogens (tertiary/aromatic N) is 1. The summed E-state index contributed by atoms with van der Waals surface area (Å²) >= 11 is 0. The zero-order valence-corrected chi connectivity index (χ0v) is 12.9. The highest BCUT2D eigenvalue weighted by Crippen LogP contribution is 2.38. The summed E-state index contributed by atoms with van der Waals surface area (Å²) in [7, 11) is 1.24. The van der Waals surface area contributed by atoms with E-state index in [9.17, 15) is 19.7 Å². The van der Waals surface area contributed by atoms with Gasteiger partial charge in [0, 0.05) is 35.0 Å². The fourth-order valence-corrected chi connectivity index (χ4v) is 2.66. The molecular weight excluding hydrogens is 300 g/mol. The second-order valence-electron chi connectivity index (χ2n) is 5.08. The fraction of sp³-hybridized carbons (Fsp3) is 0.250. The second-order valence-corrected chi connectivity index (χ2v) is 5.08. The number of hydrogen-bond acceptors (Lipinski definition) is 6. The maximum atomic E-state index is 12.1. The molecule has 0 spiro atoms. The number of carbonyl (C=O) groups excluding carboxylic acids is 2. The molecule has 23 heavy (non-hydrogen) atoms. The highest BCUT2D eigenvalue weighted by atomic mass is 16.6. The van der Waals surface area contributed by atoms with Crippen molar-refractivity contribution in [3.8, 4) is 0 Å². The van der Waals surface area contributed by atoms with Crippen molar-refractivity contribution in [2.45, 2.75) is 19.8 Å². The van der Waals surface area contributed by atoms with Gasteiger partial charge in [0.2, 0.25) is 6.29 Å². The molecule has 1 heterocycles. The standard InChI is InChI=1S/C16H15N2O5/c1-9-13(8-19)15(14(10(2)17-9)16(20)23-3)11-5-4-6-12(7-11)18(21)22/h4-7,15,17H,1-3H3/t15-/m0/s1. The summed E-state index contributed by atoms with van der Waals surface area (Å²) < 4.78 is 4.79. The highest BCUT2D eigenvalue weighted by Gasteiger charge is 2.34. The van der Waals surface area contributed by atoms with Crippen LogP contribution < -0.4 is 5.32 Å². The smallest absolute Gasteiger partial charge is 0.336 e. The third kappa shape index (κ3) is 2.98. The number of nitrogens with one attached hydrogen (secondary N) is 1. The number of non-ortho nitro benzene ring substituents is 1. The number of nitro groups is 1. The van der Waals surface area contributed by atoms with Gasteiger partial charge in [0.1, 0.15) is 0 Å². The molecule has 0 unspecified atom stereocenters. The quantitative estimate of drug-likeness (QED) is 0.519. The van der Waals surface area contributed by atoms with Crippen molar-refractivity contribution in [3.05, 3.63) is 62.5 Å². The summed E-state index contributed by atoms with van der Waals surface area (Å²) in [6, 6.07) is 5.83. The molecule has 7 heteroatoms. The molecule has 1 aromatic rings. The normalized spacial score (nSPS) is 17.6. The van der Waals surface area contributed by atoms with Gasteiger partial charge in [-0.05, 0) is 19.4 Å². The Labute approximate surface area is 132 Å². The predicted molar refractivity (Wildman–Crippen MR) is 82.1 cm³/mol. The number of benzene rings is 1. The number of hydrogen-bond donors (Lipinski definition) is 1. The number of dihydropyridines is 1. The molecule has 0 aromatic heterocycles. The lowest BCUT2D eigenvalue weighted by molar-refractivity contribution is -0.384. The number of nitro benzene ring substituents is 1. The SMILES string of the molecule is COC(=O)C1=C(C)NC(C)=C([C]=O)[C@@H]1c1cccc([N+](=O)[O-])c1. The fourth-order valence-electron chi connectivity index (χ4n) is 2.66. The van der Waals surface area contributed by atoms with Gasteiger partial charge in [-0.2, -0.15) is 0 Å². The molecule has 0 saturated heterocycles. The molecule has 2 rings (SSSR count). The second kappa shape index (κ2) is 6.43. The van der Waals surface area contributed by atoms with E-state index < -0.39 is 16.8 Å². The van der Waals surface area contributed by atoms with Crippen molar-refractivity contribution in [3.63, 3.8) is 0 Å². The number of esters is 1. The monoisotopic (exact) mass is 315 g/mol. The molecule has 1 aliphatic rings. The lowest BCUT2D eigenvalue weighted by Gasteiger charge is -2.28. The topological polar surface area (TPSA) is 98.5 Å². The number of carbonyl (C=O) groups is 1. The lowest BCUT2D eigenvalue weighted by Crippen LogP contribution is -2.29. The predicted octanol–water partition coefficient (Wildman–Crippen LogP) is 2.11. The summed E-state index contributed by atoms with van der Waals surface area (Å²) in [6.45, 7) is 3.36. The Morgan fingerprint density at radius 3 is 2.61 bits per heavy atom. The maximum Gasteiger partial charge on any atom is 0.336 e. The van der Waals surface area contributed by atoms with Crippen molar-refractivity contribution < 1.29 is 19.2 Å². The van der Waals surface area contributed by atoms with Crippen LogP contribution in [-0.2, 0) is 14.3 Å². The van der Waals surface area contributed by atoms with Crippen LogP contribution in [0.5, 0.6) is 0 Å². The van der Waals surface area contributed by atoms with E-state index >= 15 is 0 Å². The molecule has 1 aliphatic heterocycles. The molecule has 1 radical (unpaired) electrons. The molecule has 119 valence electrons. The van der Waals surface area contributed by atoms with E-state index in [0.29, 0.717) is 17.0 Å². The van der Waals surface area contributed by atoms with Crippen molar-refractivity contribution in [1.82, 2.24) is 5.32 Å². The first-order valence-corrected chi connectivity index (χ1v) is 6.80. The zero-order valence-electron chi connectivity index (χ0n) is 12.9. The van der Waals surface area contributed by atoms with Gasteiger partial charge in [-0.3, -0.25) is 14.9 Å². The number of ether oxygens (including phenoxy) is 1. The van der Waals surface area contributed by atoms with Crippen LogP contribution >= 0.6 is 0 Å². The maximum absolute atomic E-state index is 12.1. The summed E-state index contributed by atoms with van der Waals surface area (Å²) in [5, 5.41) is 13.9. The van der Waals surface area contributed by atoms with E-state index in [1.54, 1.807) is 19.9 Å². The Balaban J connectivity index is 2.67. The van der Waals surface area contributed by atoms with E-state index in [1.165, 1.54) is 25.3 Å². The minimum absolute atomic E-state index is 0.120. The van der Waals surface area contributed by atoms with E-state index in [2.05, 4.69) is 5.32 Å². The Morgan fingerprint density at radius 2 is 2.04 bits per heavy atom. The highest BCUT2D eigenvalue weighted by molar-refractivity contribution is 5.96. The van der Waals surface area contributed by atoms with Crippen LogP contribution in [0.2, 0.25) is 0 Å². The summed E-state index contributed by atoms with van der Waals surface area (Å²) in [5.41, 5.74) is 1.86. The van der Waals surface area contributed by atoms with Crippen molar-refractivity contribution in [1.29, 1.82) is 0 Å². The number of methoxy groups -OCH3 is 1. The van der Waals surface area contributed by atoms with Gasteiger partial charge >= 0.3 is 5.97 Å². The van der Waals surface area contributed by atoms with Crippen LogP contribution in [0.1, 0.15) is 25.3 Å². The average Bonchev–Trinajstić information content (AvgIpc) is 2.53. The average molecular weight is 315 g/mol. The Kier molecular flexibility index (Phi) is 4.59. The minimum atomic E-state index is -0.763. The van der Waals surface area contributed by atoms with Gasteiger partial charge in [0.05, 0.1) is 17.6 Å². The van der Waals surface area contributed by atoms with Gasteiger partial charge in [0.25, 0.3) is 5.69 Å². The molecule has 0 bridgehead atoms. The van der Waals surface area contributed by atoms with E-state index in [0.717, 1.165) is 0 Å². The molecular formula is C16H15N2O5. The Hall–Kier alpha value is -2.96. The van der Waals surface area contributed by atoms with Gasteiger partial charge < -0.3 is 10.1 Å². The van der Waals surface area contributed by atoms with E-state index in [1.807, 2.05) is 6.29 Å². The van der Waals surface area contributed by atoms with Gasteiger partial charge in [-0.15, -0.1) is 0 Å². The van der Waals surface area contributed by atoms with Gasteiger partial charge in [-0.25, -0.2) is 4.79 Å². The molecule has 0 aliphatic carbocycles. The molecule has 0 fully saturated rings. The first-order valence-electron chi connectivity index (χ1n) is 6.80. The molecule has 1 atom stereocenters. The van der Waals surface area contributed by atoms with Crippen molar-refractivity contribution >= 4 is 17.9 Å². The first kappa shape index (κ1) is 16.4. The molecule has 0 amide bonds. The van der Waals surface area contributed by atoms with Crippen LogP contribution in [-0.4, -0.2) is 24.3 Å². The van der Waals surface area contributed by atoms with Crippen molar-refractivity contribution in [2.75, 3.05) is 7.11 Å². The summed E-state index contributed by atoms with van der Waals surface area (Å²) in [5.74, 6) is -1.37. The van der Waals surface area contributed by atoms with E-state index in [-0.39, 0.29) is 16.8 Å². The first-order chi connectivity index (χ1) is 10.9. The molecule has 7 nitrogen and oxygen atoms in total. The van der Waals surface area contributed by atoms with Gasteiger partial charge in [-0.1, -0.05) is 12.1 Å². The number of rotatable bonds is 4. The van der Waals surface area contributed by atoms with Crippen LogP contribution in [0.3, 0.4) is 0 Å². The largest absolute Gasteiger partial charge is 0.466 e. The van der Waals surface area contributed by atoms with Crippen LogP contribution in [0.15, 0.2) is 46.8 Å². The Bertz CT molecular complexity index is 749. The van der Waals surface area contributed by atoms with E-state index in [4.69, 9.17) is 4.74 Å². The van der Waals surface area contributed by atoms with Gasteiger partial charge in [0.15, 0.2) is 0 Å². The molecule has 1 N–H and O–H groups in total. The zero-order chi connectivity index (χ0) is 17.1. The lowest BCUT2D eigenvalue weighted by atomic mass is 9.81. The van der Waals surface area contributed by atoms with Crippen molar-refractivity contribution in [2.24, 2.45) is 0 Å². The van der Waals surface area contributed by atoms with Crippen LogP contribution in [0, 0.1) is 10.1 Å². The van der Waals surface area contributed by atoms with Crippen LogP contribution in [0.4, 0.5) is 5.69 Å². The summed E-state index contributed by atoms with van der Waals surface area (Å²) in [6.07, 6.45) is 1.84. The summed E-state index contributed by atoms with van der Waals surface area (Å²) in [4.78, 5) is 34.0.